The number of amides is 4. The second kappa shape index (κ2) is 6.30. The van der Waals surface area contributed by atoms with E-state index in [1.165, 1.54) is 0 Å². The van der Waals surface area contributed by atoms with Crippen LogP contribution in [0.3, 0.4) is 0 Å². The molecule has 4 amide bonds. The molecule has 2 atom stereocenters. The molecule has 3 heterocycles. The van der Waals surface area contributed by atoms with E-state index < -0.39 is 23.8 Å². The summed E-state index contributed by atoms with van der Waals surface area (Å²) < 4.78 is 0. The molecular formula is C18H20N4O4. The molecule has 0 aromatic heterocycles. The third kappa shape index (κ3) is 2.62. The van der Waals surface area contributed by atoms with Gasteiger partial charge in [0.25, 0.3) is 11.8 Å². The van der Waals surface area contributed by atoms with E-state index in [4.69, 9.17) is 5.73 Å². The zero-order valence-corrected chi connectivity index (χ0v) is 14.2. The molecule has 136 valence electrons. The second-order valence-electron chi connectivity index (χ2n) is 6.98. The molecule has 26 heavy (non-hydrogen) atoms. The van der Waals surface area contributed by atoms with Gasteiger partial charge in [-0.3, -0.25) is 34.3 Å². The van der Waals surface area contributed by atoms with E-state index in [-0.39, 0.29) is 18.7 Å². The summed E-state index contributed by atoms with van der Waals surface area (Å²) in [4.78, 5) is 52.0. The molecule has 1 aromatic rings. The van der Waals surface area contributed by atoms with Crippen molar-refractivity contribution < 1.29 is 19.2 Å². The van der Waals surface area contributed by atoms with E-state index in [0.717, 1.165) is 23.4 Å². The predicted octanol–water partition coefficient (Wildman–Crippen LogP) is -0.379. The highest BCUT2D eigenvalue weighted by molar-refractivity contribution is 6.23. The van der Waals surface area contributed by atoms with Crippen LogP contribution in [0.5, 0.6) is 0 Å². The van der Waals surface area contributed by atoms with Crippen molar-refractivity contribution in [1.29, 1.82) is 0 Å². The molecule has 8 heteroatoms. The van der Waals surface area contributed by atoms with Crippen LogP contribution in [-0.4, -0.2) is 58.6 Å². The highest BCUT2D eigenvalue weighted by Crippen LogP contribution is 2.29. The maximum atomic E-state index is 12.8. The summed E-state index contributed by atoms with van der Waals surface area (Å²) >= 11 is 0. The third-order valence-electron chi connectivity index (χ3n) is 5.43. The van der Waals surface area contributed by atoms with Gasteiger partial charge in [-0.1, -0.05) is 6.07 Å². The molecule has 0 aliphatic carbocycles. The highest BCUT2D eigenvalue weighted by Gasteiger charge is 2.44. The first-order valence-electron chi connectivity index (χ1n) is 8.78. The van der Waals surface area contributed by atoms with Crippen molar-refractivity contribution in [2.45, 2.75) is 37.9 Å². The molecule has 2 unspecified atom stereocenters. The number of nitrogens with one attached hydrogen (secondary N) is 1. The molecule has 1 aromatic carbocycles. The number of carbonyl (C=O) groups excluding carboxylic acids is 4. The lowest BCUT2D eigenvalue weighted by Gasteiger charge is -2.40. The number of likely N-dealkylation sites (tertiary alicyclic amines) is 1. The van der Waals surface area contributed by atoms with E-state index in [0.29, 0.717) is 30.3 Å². The number of benzene rings is 1. The van der Waals surface area contributed by atoms with Gasteiger partial charge in [-0.05, 0) is 30.5 Å². The van der Waals surface area contributed by atoms with Gasteiger partial charge in [0.15, 0.2) is 0 Å². The summed E-state index contributed by atoms with van der Waals surface area (Å²) in [5.74, 6) is -1.92. The topological polar surface area (TPSA) is 113 Å². The number of hydrogen-bond acceptors (Lipinski definition) is 6. The maximum Gasteiger partial charge on any atom is 0.262 e. The Morgan fingerprint density at radius 1 is 1.08 bits per heavy atom. The van der Waals surface area contributed by atoms with Gasteiger partial charge < -0.3 is 5.73 Å². The number of fused-ring (bicyclic) bond motifs is 1. The fourth-order valence-corrected chi connectivity index (χ4v) is 3.82. The van der Waals surface area contributed by atoms with Gasteiger partial charge in [0.05, 0.1) is 11.1 Å². The van der Waals surface area contributed by atoms with Crippen LogP contribution in [0.15, 0.2) is 18.2 Å². The quantitative estimate of drug-likeness (QED) is 0.711. The molecule has 3 aliphatic rings. The summed E-state index contributed by atoms with van der Waals surface area (Å²) in [7, 11) is 0. The van der Waals surface area contributed by atoms with Crippen LogP contribution >= 0.6 is 0 Å². The highest BCUT2D eigenvalue weighted by atomic mass is 16.2. The van der Waals surface area contributed by atoms with Crippen LogP contribution in [0, 0.1) is 0 Å². The molecule has 2 fully saturated rings. The Labute approximate surface area is 150 Å². The third-order valence-corrected chi connectivity index (χ3v) is 5.43. The number of rotatable bonds is 4. The van der Waals surface area contributed by atoms with Crippen molar-refractivity contribution in [3.8, 4) is 0 Å². The van der Waals surface area contributed by atoms with Gasteiger partial charge in [0.1, 0.15) is 6.04 Å². The predicted molar refractivity (Wildman–Crippen MR) is 91.0 cm³/mol. The van der Waals surface area contributed by atoms with Crippen LogP contribution < -0.4 is 11.1 Å². The monoisotopic (exact) mass is 356 g/mol. The largest absolute Gasteiger partial charge is 0.329 e. The van der Waals surface area contributed by atoms with Crippen LogP contribution in [0.25, 0.3) is 0 Å². The van der Waals surface area contributed by atoms with Gasteiger partial charge in [-0.25, -0.2) is 0 Å². The Hall–Kier alpha value is -2.58. The number of nitrogens with two attached hydrogens (primary N) is 1. The zero-order valence-electron chi connectivity index (χ0n) is 14.2. The van der Waals surface area contributed by atoms with Crippen LogP contribution in [-0.2, 0) is 16.1 Å². The van der Waals surface area contributed by atoms with Gasteiger partial charge >= 0.3 is 0 Å². The smallest absolute Gasteiger partial charge is 0.262 e. The van der Waals surface area contributed by atoms with Gasteiger partial charge in [-0.15, -0.1) is 0 Å². The molecule has 3 aliphatic heterocycles. The number of carbonyl (C=O) groups is 4. The maximum absolute atomic E-state index is 12.8. The molecule has 2 saturated heterocycles. The molecular weight excluding hydrogens is 336 g/mol. The number of piperidine rings is 1. The summed E-state index contributed by atoms with van der Waals surface area (Å²) in [5.41, 5.74) is 7.29. The van der Waals surface area contributed by atoms with Gasteiger partial charge in [0.2, 0.25) is 11.8 Å². The molecule has 0 saturated carbocycles. The molecule has 8 nitrogen and oxygen atoms in total. The minimum Gasteiger partial charge on any atom is -0.329 e. The molecule has 0 radical (unpaired) electrons. The number of imide groups is 2. The summed E-state index contributed by atoms with van der Waals surface area (Å²) in [6, 6.07) is 4.65. The van der Waals surface area contributed by atoms with Crippen molar-refractivity contribution in [2.24, 2.45) is 5.73 Å². The van der Waals surface area contributed by atoms with Gasteiger partial charge in [-0.2, -0.15) is 0 Å². The van der Waals surface area contributed by atoms with Gasteiger partial charge in [0, 0.05) is 32.1 Å². The Balaban J connectivity index is 1.56. The van der Waals surface area contributed by atoms with E-state index in [9.17, 15) is 19.2 Å². The van der Waals surface area contributed by atoms with Crippen LogP contribution in [0.1, 0.15) is 45.5 Å². The lowest BCUT2D eigenvalue weighted by Crippen LogP contribution is -2.54. The standard InChI is InChI=1S/C18H20N4O4/c19-8-11-5-6-21(11)9-10-1-2-12-13(7-10)18(26)22(17(12)25)14-3-4-15(23)20-16(14)24/h1-2,7,11,14H,3-6,8-9,19H2,(H,20,23,24). The summed E-state index contributed by atoms with van der Waals surface area (Å²) in [6.45, 7) is 2.24. The summed E-state index contributed by atoms with van der Waals surface area (Å²) in [6.07, 6.45) is 1.35. The Bertz CT molecular complexity index is 819. The minimum atomic E-state index is -0.930. The van der Waals surface area contributed by atoms with Crippen molar-refractivity contribution in [3.63, 3.8) is 0 Å². The van der Waals surface area contributed by atoms with Crippen LogP contribution in [0.2, 0.25) is 0 Å². The lowest BCUT2D eigenvalue weighted by atomic mass is 10.00. The van der Waals surface area contributed by atoms with E-state index >= 15 is 0 Å². The van der Waals surface area contributed by atoms with Crippen molar-refractivity contribution >= 4 is 23.6 Å². The molecule has 4 rings (SSSR count). The minimum absolute atomic E-state index is 0.116. The average molecular weight is 356 g/mol. The number of nitrogens with zero attached hydrogens (tertiary/aromatic N) is 2. The Morgan fingerprint density at radius 3 is 2.50 bits per heavy atom. The zero-order chi connectivity index (χ0) is 18.4. The number of hydrogen-bond donors (Lipinski definition) is 2. The van der Waals surface area contributed by atoms with E-state index in [1.807, 2.05) is 6.07 Å². The molecule has 0 bridgehead atoms. The summed E-state index contributed by atoms with van der Waals surface area (Å²) in [5, 5.41) is 2.20. The van der Waals surface area contributed by atoms with E-state index in [2.05, 4.69) is 10.2 Å². The first-order chi connectivity index (χ1) is 12.5. The second-order valence-corrected chi connectivity index (χ2v) is 6.98. The SMILES string of the molecule is NCC1CCN1Cc1ccc2c(c1)C(=O)N(C1CCC(=O)NC1=O)C2=O. The molecule has 0 spiro atoms. The Morgan fingerprint density at radius 2 is 1.85 bits per heavy atom. The average Bonchev–Trinajstić information content (AvgIpc) is 2.84. The van der Waals surface area contributed by atoms with Crippen molar-refractivity contribution in [1.82, 2.24) is 15.1 Å². The first-order valence-corrected chi connectivity index (χ1v) is 8.78. The van der Waals surface area contributed by atoms with Crippen LogP contribution in [0.4, 0.5) is 0 Å². The first kappa shape index (κ1) is 16.9. The Kier molecular flexibility index (Phi) is 4.08. The lowest BCUT2D eigenvalue weighted by molar-refractivity contribution is -0.136. The fraction of sp³-hybridized carbons (Fsp3) is 0.444. The fourth-order valence-electron chi connectivity index (χ4n) is 3.82. The normalized spacial score (nSPS) is 26.0. The molecule has 3 N–H and O–H groups in total. The van der Waals surface area contributed by atoms with E-state index in [1.54, 1.807) is 12.1 Å². The van der Waals surface area contributed by atoms with Crippen molar-refractivity contribution in [3.05, 3.63) is 34.9 Å². The van der Waals surface area contributed by atoms with Crippen molar-refractivity contribution in [2.75, 3.05) is 13.1 Å².